The Labute approximate surface area is 258 Å². The summed E-state index contributed by atoms with van der Waals surface area (Å²) < 4.78 is 34.6. The number of thioether (sulfide) groups is 1. The van der Waals surface area contributed by atoms with Crippen LogP contribution in [0.2, 0.25) is 5.02 Å². The van der Waals surface area contributed by atoms with Gasteiger partial charge in [-0.2, -0.15) is 0 Å². The zero-order valence-corrected chi connectivity index (χ0v) is 27.1. The average Bonchev–Trinajstić information content (AvgIpc) is 2.94. The van der Waals surface area contributed by atoms with E-state index in [0.717, 1.165) is 9.20 Å². The van der Waals surface area contributed by atoms with Gasteiger partial charge in [0.15, 0.2) is 0 Å². The number of nitrogens with zero attached hydrogens (tertiary/aromatic N) is 2. The maximum atomic E-state index is 14.1. The van der Waals surface area contributed by atoms with Gasteiger partial charge in [-0.1, -0.05) is 23.7 Å². The van der Waals surface area contributed by atoms with Crippen molar-refractivity contribution in [2.75, 3.05) is 23.7 Å². The van der Waals surface area contributed by atoms with Crippen molar-refractivity contribution in [1.29, 1.82) is 0 Å². The van der Waals surface area contributed by atoms with Gasteiger partial charge in [-0.05, 0) is 107 Å². The molecule has 0 aromatic heterocycles. The zero-order valence-electron chi connectivity index (χ0n) is 24.8. The minimum Gasteiger partial charge on any atom is -0.494 e. The highest BCUT2D eigenvalue weighted by Crippen LogP contribution is 2.28. The lowest BCUT2D eigenvalue weighted by molar-refractivity contribution is -0.140. The summed E-state index contributed by atoms with van der Waals surface area (Å²) >= 11 is 7.70. The van der Waals surface area contributed by atoms with E-state index in [1.165, 1.54) is 28.8 Å². The van der Waals surface area contributed by atoms with Crippen molar-refractivity contribution in [2.45, 2.75) is 62.5 Å². The van der Waals surface area contributed by atoms with Crippen molar-refractivity contribution >= 4 is 50.9 Å². The maximum absolute atomic E-state index is 14.1. The van der Waals surface area contributed by atoms with Gasteiger partial charge >= 0.3 is 0 Å². The van der Waals surface area contributed by atoms with Crippen molar-refractivity contribution in [2.24, 2.45) is 0 Å². The van der Waals surface area contributed by atoms with Crippen molar-refractivity contribution in [3.05, 3.63) is 83.4 Å². The molecule has 0 aliphatic carbocycles. The Morgan fingerprint density at radius 2 is 1.67 bits per heavy atom. The Bertz CT molecular complexity index is 1470. The smallest absolute Gasteiger partial charge is 0.264 e. The SMILES string of the molecule is CCOc1ccc(N(CC(=O)N(Cc2cccc(Cl)c2)C(C)C(=O)NC(C)(C)C)S(=O)(=O)c2ccc(SC)cc2)cc1. The first-order valence-electron chi connectivity index (χ1n) is 13.5. The predicted molar refractivity (Wildman–Crippen MR) is 170 cm³/mol. The second kappa shape index (κ2) is 14.3. The normalized spacial score (nSPS) is 12.4. The highest BCUT2D eigenvalue weighted by Gasteiger charge is 2.33. The van der Waals surface area contributed by atoms with E-state index >= 15 is 0 Å². The molecule has 3 rings (SSSR count). The van der Waals surface area contributed by atoms with Crippen LogP contribution in [0.4, 0.5) is 5.69 Å². The highest BCUT2D eigenvalue weighted by molar-refractivity contribution is 7.98. The standard InChI is InChI=1S/C31H38ClN3O5S2/c1-7-40-26-13-11-25(12-14-26)35(42(38,39)28-17-15-27(41-6)16-18-28)21-29(36)34(20-23-9-8-10-24(32)19-23)22(2)30(37)33-31(3,4)5/h8-19,22H,7,20-21H2,1-6H3,(H,33,37). The van der Waals surface area contributed by atoms with Gasteiger partial charge in [0.05, 0.1) is 17.2 Å². The number of carbonyl (C=O) groups excluding carboxylic acids is 2. The van der Waals surface area contributed by atoms with Crippen molar-refractivity contribution in [1.82, 2.24) is 10.2 Å². The molecular weight excluding hydrogens is 594 g/mol. The fraction of sp³-hybridized carbons (Fsp3) is 0.355. The van der Waals surface area contributed by atoms with Crippen LogP contribution in [0.3, 0.4) is 0 Å². The monoisotopic (exact) mass is 631 g/mol. The number of carbonyl (C=O) groups is 2. The van der Waals surface area contributed by atoms with Crippen LogP contribution in [0, 0.1) is 0 Å². The molecule has 0 aliphatic rings. The fourth-order valence-electron chi connectivity index (χ4n) is 4.17. The first-order valence-corrected chi connectivity index (χ1v) is 16.5. The van der Waals surface area contributed by atoms with Gasteiger partial charge in [-0.25, -0.2) is 8.42 Å². The molecule has 0 spiro atoms. The highest BCUT2D eigenvalue weighted by atomic mass is 35.5. The molecule has 0 bridgehead atoms. The van der Waals surface area contributed by atoms with Crippen LogP contribution in [0.15, 0.2) is 82.6 Å². The van der Waals surface area contributed by atoms with E-state index < -0.39 is 34.1 Å². The molecule has 11 heteroatoms. The molecule has 42 heavy (non-hydrogen) atoms. The van der Waals surface area contributed by atoms with Gasteiger partial charge in [0.1, 0.15) is 18.3 Å². The summed E-state index contributed by atoms with van der Waals surface area (Å²) in [7, 11) is -4.17. The van der Waals surface area contributed by atoms with E-state index in [2.05, 4.69) is 5.32 Å². The molecule has 1 atom stereocenters. The van der Waals surface area contributed by atoms with E-state index in [4.69, 9.17) is 16.3 Å². The Morgan fingerprint density at radius 3 is 2.21 bits per heavy atom. The van der Waals surface area contributed by atoms with E-state index in [9.17, 15) is 18.0 Å². The number of sulfonamides is 1. The van der Waals surface area contributed by atoms with Gasteiger partial charge in [-0.15, -0.1) is 11.8 Å². The third-order valence-electron chi connectivity index (χ3n) is 6.27. The summed E-state index contributed by atoms with van der Waals surface area (Å²) in [4.78, 5) is 29.6. The van der Waals surface area contributed by atoms with Crippen LogP contribution >= 0.6 is 23.4 Å². The first-order chi connectivity index (χ1) is 19.7. The van der Waals surface area contributed by atoms with Crippen molar-refractivity contribution in [3.8, 4) is 5.75 Å². The van der Waals surface area contributed by atoms with Gasteiger partial charge in [0.25, 0.3) is 10.0 Å². The first kappa shape index (κ1) is 33.3. The topological polar surface area (TPSA) is 96.0 Å². The molecular formula is C31H38ClN3O5S2. The Balaban J connectivity index is 2.05. The lowest BCUT2D eigenvalue weighted by Crippen LogP contribution is -2.54. The van der Waals surface area contributed by atoms with E-state index in [1.54, 1.807) is 67.6 Å². The minimum absolute atomic E-state index is 0.0434. The van der Waals surface area contributed by atoms with Gasteiger partial charge in [-0.3, -0.25) is 13.9 Å². The number of halogens is 1. The van der Waals surface area contributed by atoms with Crippen LogP contribution in [0.1, 0.15) is 40.2 Å². The maximum Gasteiger partial charge on any atom is 0.264 e. The van der Waals surface area contributed by atoms with Crippen LogP contribution in [0.5, 0.6) is 5.75 Å². The third-order valence-corrected chi connectivity index (χ3v) is 9.04. The molecule has 0 heterocycles. The molecule has 0 radical (unpaired) electrons. The van der Waals surface area contributed by atoms with Gasteiger partial charge < -0.3 is 15.0 Å². The Hall–Kier alpha value is -3.21. The number of anilines is 1. The number of rotatable bonds is 12. The third kappa shape index (κ3) is 8.89. The Kier molecular flexibility index (Phi) is 11.3. The molecule has 8 nitrogen and oxygen atoms in total. The Morgan fingerprint density at radius 1 is 1.02 bits per heavy atom. The van der Waals surface area contributed by atoms with Crippen LogP contribution in [0.25, 0.3) is 0 Å². The van der Waals surface area contributed by atoms with Crippen molar-refractivity contribution < 1.29 is 22.7 Å². The summed E-state index contributed by atoms with van der Waals surface area (Å²) in [5.41, 5.74) is 0.459. The molecule has 1 N–H and O–H groups in total. The van der Waals surface area contributed by atoms with E-state index in [1.807, 2.05) is 34.0 Å². The quantitative estimate of drug-likeness (QED) is 0.247. The summed E-state index contributed by atoms with van der Waals surface area (Å²) in [6.07, 6.45) is 1.90. The van der Waals surface area contributed by atoms with E-state index in [-0.39, 0.29) is 23.0 Å². The molecule has 0 aliphatic heterocycles. The average molecular weight is 632 g/mol. The molecule has 226 valence electrons. The molecule has 3 aromatic rings. The number of hydrogen-bond acceptors (Lipinski definition) is 6. The zero-order chi connectivity index (χ0) is 31.1. The number of amides is 2. The van der Waals surface area contributed by atoms with E-state index in [0.29, 0.717) is 22.9 Å². The fourth-order valence-corrected chi connectivity index (χ4v) is 6.20. The molecule has 1 unspecified atom stereocenters. The minimum atomic E-state index is -4.17. The molecule has 0 saturated heterocycles. The summed E-state index contributed by atoms with van der Waals surface area (Å²) in [5, 5.41) is 3.40. The van der Waals surface area contributed by atoms with Crippen LogP contribution in [-0.4, -0.2) is 56.1 Å². The molecule has 0 saturated carbocycles. The lowest BCUT2D eigenvalue weighted by atomic mass is 10.1. The lowest BCUT2D eigenvalue weighted by Gasteiger charge is -2.33. The van der Waals surface area contributed by atoms with Gasteiger partial charge in [0, 0.05) is 22.0 Å². The number of nitrogens with one attached hydrogen (secondary N) is 1. The van der Waals surface area contributed by atoms with Crippen molar-refractivity contribution in [3.63, 3.8) is 0 Å². The number of benzene rings is 3. The second-order valence-corrected chi connectivity index (χ2v) is 13.9. The van der Waals surface area contributed by atoms with Crippen LogP contribution in [-0.2, 0) is 26.2 Å². The van der Waals surface area contributed by atoms with Crippen LogP contribution < -0.4 is 14.4 Å². The number of hydrogen-bond donors (Lipinski definition) is 1. The summed E-state index contributed by atoms with van der Waals surface area (Å²) in [6.45, 7) is 9.00. The second-order valence-electron chi connectivity index (χ2n) is 10.7. The number of ether oxygens (including phenoxy) is 1. The molecule has 3 aromatic carbocycles. The molecule has 2 amide bonds. The molecule has 0 fully saturated rings. The predicted octanol–water partition coefficient (Wildman–Crippen LogP) is 5.99. The largest absolute Gasteiger partial charge is 0.494 e. The summed E-state index contributed by atoms with van der Waals surface area (Å²) in [5.74, 6) is -0.338. The summed E-state index contributed by atoms with van der Waals surface area (Å²) in [6, 6.07) is 19.1. The van der Waals surface area contributed by atoms with Gasteiger partial charge in [0.2, 0.25) is 11.8 Å².